The Morgan fingerprint density at radius 2 is 2.00 bits per heavy atom. The van der Waals surface area contributed by atoms with Crippen molar-refractivity contribution in [2.45, 2.75) is 24.8 Å². The number of halogens is 1. The fourth-order valence-corrected chi connectivity index (χ4v) is 3.36. The monoisotopic (exact) mass is 361 g/mol. The van der Waals surface area contributed by atoms with Crippen molar-refractivity contribution < 1.29 is 9.15 Å². The van der Waals surface area contributed by atoms with E-state index in [1.807, 2.05) is 38.2 Å². The summed E-state index contributed by atoms with van der Waals surface area (Å²) in [6.45, 7) is 3.97. The van der Waals surface area contributed by atoms with Crippen LogP contribution >= 0.6 is 23.4 Å². The average molecular weight is 362 g/mol. The molecule has 0 aliphatic heterocycles. The lowest BCUT2D eigenvalue weighted by molar-refractivity contribution is 0.407. The lowest BCUT2D eigenvalue weighted by atomic mass is 10.1. The molecule has 0 aliphatic rings. The zero-order chi connectivity index (χ0) is 17.1. The van der Waals surface area contributed by atoms with Gasteiger partial charge in [0.05, 0.1) is 23.4 Å². The van der Waals surface area contributed by atoms with E-state index in [-0.39, 0.29) is 0 Å². The minimum absolute atomic E-state index is 0.411. The van der Waals surface area contributed by atoms with Crippen LogP contribution in [0.25, 0.3) is 11.5 Å². The molecule has 3 aromatic rings. The number of pyridine rings is 1. The summed E-state index contributed by atoms with van der Waals surface area (Å²) >= 11 is 7.58. The van der Waals surface area contributed by atoms with Gasteiger partial charge in [-0.05, 0) is 26.0 Å². The highest BCUT2D eigenvalue weighted by Gasteiger charge is 2.14. The molecule has 0 saturated heterocycles. The van der Waals surface area contributed by atoms with Crippen LogP contribution in [0.4, 0.5) is 0 Å². The summed E-state index contributed by atoms with van der Waals surface area (Å²) in [5.41, 5.74) is 3.70. The molecule has 124 valence electrons. The van der Waals surface area contributed by atoms with Crippen molar-refractivity contribution in [2.24, 2.45) is 0 Å². The molecule has 0 N–H and O–H groups in total. The van der Waals surface area contributed by atoms with Crippen LogP contribution in [0.3, 0.4) is 0 Å². The summed E-state index contributed by atoms with van der Waals surface area (Å²) in [4.78, 5) is 4.47. The van der Waals surface area contributed by atoms with Crippen LogP contribution < -0.4 is 4.74 Å². The number of benzene rings is 1. The normalized spacial score (nSPS) is 10.8. The van der Waals surface area contributed by atoms with E-state index < -0.39 is 0 Å². The van der Waals surface area contributed by atoms with E-state index in [1.165, 1.54) is 11.8 Å². The highest BCUT2D eigenvalue weighted by Crippen LogP contribution is 2.31. The molecule has 0 bridgehead atoms. The Hall–Kier alpha value is -2.05. The van der Waals surface area contributed by atoms with Crippen molar-refractivity contribution in [3.63, 3.8) is 0 Å². The SMILES string of the molecule is COc1c(C)cnc(CSc2nnc(-c3ccccc3Cl)o2)c1C. The van der Waals surface area contributed by atoms with Crippen LogP contribution in [-0.4, -0.2) is 22.3 Å². The molecule has 1 aromatic carbocycles. The van der Waals surface area contributed by atoms with Crippen LogP contribution in [-0.2, 0) is 5.75 Å². The van der Waals surface area contributed by atoms with Gasteiger partial charge in [0.1, 0.15) is 5.75 Å². The number of methoxy groups -OCH3 is 1. The Bertz CT molecular complexity index is 867. The molecule has 0 saturated carbocycles. The Labute approximate surface area is 149 Å². The van der Waals surface area contributed by atoms with E-state index in [0.29, 0.717) is 21.9 Å². The van der Waals surface area contributed by atoms with E-state index in [1.54, 1.807) is 13.2 Å². The maximum atomic E-state index is 6.15. The van der Waals surface area contributed by atoms with Gasteiger partial charge in [0, 0.05) is 23.1 Å². The second-order valence-electron chi connectivity index (χ2n) is 5.19. The summed E-state index contributed by atoms with van der Waals surface area (Å²) in [6.07, 6.45) is 1.81. The number of aryl methyl sites for hydroxylation is 1. The maximum Gasteiger partial charge on any atom is 0.277 e. The second kappa shape index (κ2) is 7.23. The van der Waals surface area contributed by atoms with Crippen LogP contribution in [0, 0.1) is 13.8 Å². The number of hydrogen-bond acceptors (Lipinski definition) is 6. The minimum Gasteiger partial charge on any atom is -0.496 e. The van der Waals surface area contributed by atoms with Crippen LogP contribution in [0.15, 0.2) is 40.1 Å². The number of nitrogens with zero attached hydrogens (tertiary/aromatic N) is 3. The first kappa shape index (κ1) is 16.8. The first-order valence-electron chi connectivity index (χ1n) is 7.30. The molecular formula is C17H16ClN3O2S. The largest absolute Gasteiger partial charge is 0.496 e. The summed E-state index contributed by atoms with van der Waals surface area (Å²) in [6, 6.07) is 7.38. The molecule has 0 unspecified atom stereocenters. The lowest BCUT2D eigenvalue weighted by Crippen LogP contribution is -1.98. The Kier molecular flexibility index (Phi) is 5.06. The van der Waals surface area contributed by atoms with Crippen LogP contribution in [0.2, 0.25) is 5.02 Å². The van der Waals surface area contributed by atoms with Crippen molar-refractivity contribution in [3.05, 3.63) is 52.3 Å². The van der Waals surface area contributed by atoms with Crippen molar-refractivity contribution in [1.82, 2.24) is 15.2 Å². The number of ether oxygens (including phenoxy) is 1. The second-order valence-corrected chi connectivity index (χ2v) is 6.52. The predicted molar refractivity (Wildman–Crippen MR) is 94.6 cm³/mol. The molecule has 0 spiro atoms. The van der Waals surface area contributed by atoms with E-state index in [0.717, 1.165) is 28.1 Å². The number of rotatable bonds is 5. The molecule has 0 radical (unpaired) electrons. The minimum atomic E-state index is 0.411. The third kappa shape index (κ3) is 3.39. The Morgan fingerprint density at radius 3 is 2.75 bits per heavy atom. The third-order valence-corrected chi connectivity index (χ3v) is 4.75. The topological polar surface area (TPSA) is 61.0 Å². The van der Waals surface area contributed by atoms with E-state index in [9.17, 15) is 0 Å². The van der Waals surface area contributed by atoms with Gasteiger partial charge in [-0.2, -0.15) is 0 Å². The first-order valence-corrected chi connectivity index (χ1v) is 8.66. The molecule has 5 nitrogen and oxygen atoms in total. The fourth-order valence-electron chi connectivity index (χ4n) is 2.36. The summed E-state index contributed by atoms with van der Waals surface area (Å²) in [5.74, 6) is 1.89. The van der Waals surface area contributed by atoms with Gasteiger partial charge in [-0.1, -0.05) is 35.5 Å². The van der Waals surface area contributed by atoms with Gasteiger partial charge in [0.15, 0.2) is 0 Å². The molecule has 0 fully saturated rings. The van der Waals surface area contributed by atoms with Crippen molar-refractivity contribution >= 4 is 23.4 Å². The number of aromatic nitrogens is 3. The van der Waals surface area contributed by atoms with E-state index in [2.05, 4.69) is 15.2 Å². The number of thioether (sulfide) groups is 1. The zero-order valence-electron chi connectivity index (χ0n) is 13.5. The molecule has 0 amide bonds. The number of hydrogen-bond donors (Lipinski definition) is 0. The summed E-state index contributed by atoms with van der Waals surface area (Å²) in [7, 11) is 1.67. The van der Waals surface area contributed by atoms with Gasteiger partial charge in [-0.3, -0.25) is 4.98 Å². The maximum absolute atomic E-state index is 6.15. The zero-order valence-corrected chi connectivity index (χ0v) is 15.1. The van der Waals surface area contributed by atoms with E-state index in [4.69, 9.17) is 20.8 Å². The lowest BCUT2D eigenvalue weighted by Gasteiger charge is -2.11. The van der Waals surface area contributed by atoms with Crippen LogP contribution in [0.5, 0.6) is 5.75 Å². The van der Waals surface area contributed by atoms with Gasteiger partial charge in [0.2, 0.25) is 5.89 Å². The molecular weight excluding hydrogens is 346 g/mol. The third-order valence-electron chi connectivity index (χ3n) is 3.59. The molecule has 2 aromatic heterocycles. The van der Waals surface area contributed by atoms with Crippen molar-refractivity contribution in [2.75, 3.05) is 7.11 Å². The predicted octanol–water partition coefficient (Wildman–Crippen LogP) is 4.70. The molecule has 0 aliphatic carbocycles. The average Bonchev–Trinajstić information content (AvgIpc) is 3.04. The summed E-state index contributed by atoms with van der Waals surface area (Å²) in [5, 5.41) is 9.19. The Morgan fingerprint density at radius 1 is 1.21 bits per heavy atom. The van der Waals surface area contributed by atoms with E-state index >= 15 is 0 Å². The first-order chi connectivity index (χ1) is 11.6. The standard InChI is InChI=1S/C17H16ClN3O2S/c1-10-8-19-14(11(2)15(10)22-3)9-24-17-21-20-16(23-17)12-6-4-5-7-13(12)18/h4-8H,9H2,1-3H3. The molecule has 3 rings (SSSR count). The molecule has 24 heavy (non-hydrogen) atoms. The van der Waals surface area contributed by atoms with Crippen LogP contribution in [0.1, 0.15) is 16.8 Å². The highest BCUT2D eigenvalue weighted by atomic mass is 35.5. The fraction of sp³-hybridized carbons (Fsp3) is 0.235. The Balaban J connectivity index is 1.76. The quantitative estimate of drug-likeness (QED) is 0.614. The molecule has 0 atom stereocenters. The van der Waals surface area contributed by atoms with Gasteiger partial charge in [-0.25, -0.2) is 0 Å². The summed E-state index contributed by atoms with van der Waals surface area (Å²) < 4.78 is 11.1. The van der Waals surface area contributed by atoms with Crippen molar-refractivity contribution in [1.29, 1.82) is 0 Å². The van der Waals surface area contributed by atoms with Gasteiger partial charge < -0.3 is 9.15 Å². The highest BCUT2D eigenvalue weighted by molar-refractivity contribution is 7.98. The molecule has 2 heterocycles. The van der Waals surface area contributed by atoms with Gasteiger partial charge >= 0.3 is 0 Å². The molecule has 7 heteroatoms. The van der Waals surface area contributed by atoms with Crippen molar-refractivity contribution in [3.8, 4) is 17.2 Å². The van der Waals surface area contributed by atoms with Gasteiger partial charge in [-0.15, -0.1) is 10.2 Å². The smallest absolute Gasteiger partial charge is 0.277 e. The van der Waals surface area contributed by atoms with Gasteiger partial charge in [0.25, 0.3) is 5.22 Å².